The van der Waals surface area contributed by atoms with Crippen molar-refractivity contribution >= 4 is 29.4 Å². The van der Waals surface area contributed by atoms with Crippen LogP contribution in [0.5, 0.6) is 5.75 Å². The van der Waals surface area contributed by atoms with E-state index in [2.05, 4.69) is 5.32 Å². The van der Waals surface area contributed by atoms with E-state index in [0.717, 1.165) is 5.56 Å². The molecule has 0 unspecified atom stereocenters. The molecule has 2 aromatic rings. The molecule has 2 rings (SSSR count). The molecule has 0 saturated carbocycles. The Balaban J connectivity index is 2.05. The Morgan fingerprint density at radius 2 is 1.68 bits per heavy atom. The number of aliphatic carboxylic acids is 1. The maximum atomic E-state index is 12.2. The van der Waals surface area contributed by atoms with Gasteiger partial charge in [-0.1, -0.05) is 23.7 Å². The molecule has 25 heavy (non-hydrogen) atoms. The minimum atomic E-state index is -1.14. The monoisotopic (exact) mass is 361 g/mol. The quantitative estimate of drug-likeness (QED) is 0.609. The number of benzene rings is 2. The zero-order valence-electron chi connectivity index (χ0n) is 13.4. The van der Waals surface area contributed by atoms with Crippen LogP contribution in [0.2, 0.25) is 5.02 Å². The van der Waals surface area contributed by atoms with Gasteiger partial charge in [-0.15, -0.1) is 0 Å². The Morgan fingerprint density at radius 3 is 2.20 bits per heavy atom. The molecular formula is C18H16ClNO5. The topological polar surface area (TPSA) is 92.7 Å². The van der Waals surface area contributed by atoms with Crippen molar-refractivity contribution in [3.63, 3.8) is 0 Å². The number of hydrogen-bond acceptors (Lipinski definition) is 4. The maximum absolute atomic E-state index is 12.2. The summed E-state index contributed by atoms with van der Waals surface area (Å²) in [6.45, 7) is 1.27. The van der Waals surface area contributed by atoms with Crippen molar-refractivity contribution in [2.24, 2.45) is 0 Å². The lowest BCUT2D eigenvalue weighted by Gasteiger charge is -2.15. The average molecular weight is 362 g/mol. The summed E-state index contributed by atoms with van der Waals surface area (Å²) in [5, 5.41) is 12.4. The standard InChI is InChI=1S/C18H16ClNO5/c1-11(21)25-15-8-4-13(5-9-15)17(22)20-16(18(23)24)10-12-2-6-14(19)7-3-12/h2-9,16H,10H2,1H3,(H,20,22)(H,23,24)/t16-/m0/s1. The highest BCUT2D eigenvalue weighted by Gasteiger charge is 2.21. The van der Waals surface area contributed by atoms with E-state index in [1.165, 1.54) is 31.2 Å². The van der Waals surface area contributed by atoms with E-state index in [9.17, 15) is 19.5 Å². The first-order valence-electron chi connectivity index (χ1n) is 7.42. The van der Waals surface area contributed by atoms with Crippen LogP contribution in [0.15, 0.2) is 48.5 Å². The molecule has 130 valence electrons. The van der Waals surface area contributed by atoms with Crippen LogP contribution < -0.4 is 10.1 Å². The largest absolute Gasteiger partial charge is 0.480 e. The fourth-order valence-electron chi connectivity index (χ4n) is 2.14. The molecule has 1 amide bonds. The summed E-state index contributed by atoms with van der Waals surface area (Å²) < 4.78 is 4.88. The number of ether oxygens (including phenoxy) is 1. The Bertz CT molecular complexity index is 771. The number of nitrogens with one attached hydrogen (secondary N) is 1. The molecule has 0 saturated heterocycles. The van der Waals surface area contributed by atoms with Crippen LogP contribution >= 0.6 is 11.6 Å². The molecule has 0 aliphatic rings. The normalized spacial score (nSPS) is 11.4. The molecule has 0 fully saturated rings. The third-order valence-corrected chi connectivity index (χ3v) is 3.59. The molecule has 0 heterocycles. The molecule has 0 aromatic heterocycles. The highest BCUT2D eigenvalue weighted by molar-refractivity contribution is 6.30. The molecule has 1 atom stereocenters. The first kappa shape index (κ1) is 18.5. The van der Waals surface area contributed by atoms with E-state index in [1.807, 2.05) is 0 Å². The van der Waals surface area contributed by atoms with Gasteiger partial charge in [-0.3, -0.25) is 9.59 Å². The van der Waals surface area contributed by atoms with Gasteiger partial charge in [0.1, 0.15) is 11.8 Å². The van der Waals surface area contributed by atoms with E-state index >= 15 is 0 Å². The van der Waals surface area contributed by atoms with Crippen molar-refractivity contribution in [1.29, 1.82) is 0 Å². The van der Waals surface area contributed by atoms with Gasteiger partial charge in [-0.2, -0.15) is 0 Å². The van der Waals surface area contributed by atoms with Gasteiger partial charge in [0.15, 0.2) is 0 Å². The average Bonchev–Trinajstić information content (AvgIpc) is 2.56. The lowest BCUT2D eigenvalue weighted by Crippen LogP contribution is -2.42. The van der Waals surface area contributed by atoms with Crippen LogP contribution in [0.25, 0.3) is 0 Å². The predicted molar refractivity (Wildman–Crippen MR) is 91.8 cm³/mol. The predicted octanol–water partition coefficient (Wildman–Crippen LogP) is 2.69. The van der Waals surface area contributed by atoms with Crippen molar-refractivity contribution in [3.05, 3.63) is 64.7 Å². The molecule has 0 bridgehead atoms. The Hall–Kier alpha value is -2.86. The minimum absolute atomic E-state index is 0.129. The van der Waals surface area contributed by atoms with Gasteiger partial charge >= 0.3 is 11.9 Å². The fourth-order valence-corrected chi connectivity index (χ4v) is 2.26. The molecular weight excluding hydrogens is 346 g/mol. The third-order valence-electron chi connectivity index (χ3n) is 3.33. The highest BCUT2D eigenvalue weighted by atomic mass is 35.5. The molecule has 0 aliphatic heterocycles. The summed E-state index contributed by atoms with van der Waals surface area (Å²) >= 11 is 5.80. The van der Waals surface area contributed by atoms with Crippen LogP contribution in [0, 0.1) is 0 Å². The SMILES string of the molecule is CC(=O)Oc1ccc(C(=O)N[C@@H](Cc2ccc(Cl)cc2)C(=O)O)cc1. The highest BCUT2D eigenvalue weighted by Crippen LogP contribution is 2.14. The summed E-state index contributed by atoms with van der Waals surface area (Å²) in [6, 6.07) is 11.5. The number of carbonyl (C=O) groups excluding carboxylic acids is 2. The zero-order valence-corrected chi connectivity index (χ0v) is 14.1. The molecule has 2 aromatic carbocycles. The van der Waals surface area contributed by atoms with Crippen molar-refractivity contribution in [2.45, 2.75) is 19.4 Å². The number of halogens is 1. The summed E-state index contributed by atoms with van der Waals surface area (Å²) in [4.78, 5) is 34.5. The number of amides is 1. The van der Waals surface area contributed by atoms with Gasteiger partial charge in [-0.05, 0) is 42.0 Å². The van der Waals surface area contributed by atoms with Gasteiger partial charge in [0.2, 0.25) is 0 Å². The Morgan fingerprint density at radius 1 is 1.08 bits per heavy atom. The van der Waals surface area contributed by atoms with Gasteiger partial charge < -0.3 is 15.2 Å². The van der Waals surface area contributed by atoms with Crippen LogP contribution in [0.1, 0.15) is 22.8 Å². The van der Waals surface area contributed by atoms with Gasteiger partial charge in [0.25, 0.3) is 5.91 Å². The smallest absolute Gasteiger partial charge is 0.326 e. The molecule has 0 spiro atoms. The van der Waals surface area contributed by atoms with Gasteiger partial charge in [0.05, 0.1) is 0 Å². The minimum Gasteiger partial charge on any atom is -0.480 e. The number of esters is 1. The van der Waals surface area contributed by atoms with Crippen LogP contribution in [0.3, 0.4) is 0 Å². The summed E-state index contributed by atoms with van der Waals surface area (Å²) in [7, 11) is 0. The first-order chi connectivity index (χ1) is 11.8. The Labute approximate surface area is 149 Å². The maximum Gasteiger partial charge on any atom is 0.326 e. The number of carboxylic acid groups (broad SMARTS) is 1. The van der Waals surface area contributed by atoms with Crippen LogP contribution in [0.4, 0.5) is 0 Å². The molecule has 7 heteroatoms. The fraction of sp³-hybridized carbons (Fsp3) is 0.167. The van der Waals surface area contributed by atoms with Crippen molar-refractivity contribution < 1.29 is 24.2 Å². The van der Waals surface area contributed by atoms with Gasteiger partial charge in [-0.25, -0.2) is 4.79 Å². The number of hydrogen-bond donors (Lipinski definition) is 2. The Kier molecular flexibility index (Phi) is 6.14. The number of carbonyl (C=O) groups is 3. The van der Waals surface area contributed by atoms with E-state index in [-0.39, 0.29) is 12.0 Å². The molecule has 0 radical (unpaired) electrons. The van der Waals surface area contributed by atoms with E-state index in [1.54, 1.807) is 24.3 Å². The zero-order chi connectivity index (χ0) is 18.4. The lowest BCUT2D eigenvalue weighted by atomic mass is 10.1. The lowest BCUT2D eigenvalue weighted by molar-refractivity contribution is -0.139. The second-order valence-electron chi connectivity index (χ2n) is 5.31. The van der Waals surface area contributed by atoms with Crippen molar-refractivity contribution in [2.75, 3.05) is 0 Å². The summed E-state index contributed by atoms with van der Waals surface area (Å²) in [5.74, 6) is -1.83. The second-order valence-corrected chi connectivity index (χ2v) is 5.75. The number of rotatable bonds is 6. The summed E-state index contributed by atoms with van der Waals surface area (Å²) in [5.41, 5.74) is 1.00. The first-order valence-corrected chi connectivity index (χ1v) is 7.79. The number of carboxylic acids is 1. The molecule has 0 aliphatic carbocycles. The molecule has 2 N–H and O–H groups in total. The van der Waals surface area contributed by atoms with E-state index in [4.69, 9.17) is 16.3 Å². The summed E-state index contributed by atoms with van der Waals surface area (Å²) in [6.07, 6.45) is 0.129. The van der Waals surface area contributed by atoms with Crippen LogP contribution in [-0.4, -0.2) is 29.0 Å². The second kappa shape index (κ2) is 8.30. The van der Waals surface area contributed by atoms with Gasteiger partial charge in [0, 0.05) is 23.9 Å². The van der Waals surface area contributed by atoms with E-state index in [0.29, 0.717) is 10.8 Å². The van der Waals surface area contributed by atoms with Crippen molar-refractivity contribution in [3.8, 4) is 5.75 Å². The van der Waals surface area contributed by atoms with Crippen molar-refractivity contribution in [1.82, 2.24) is 5.32 Å². The van der Waals surface area contributed by atoms with E-state index < -0.39 is 23.9 Å². The third kappa shape index (κ3) is 5.61. The van der Waals surface area contributed by atoms with Crippen LogP contribution in [-0.2, 0) is 16.0 Å². The molecule has 6 nitrogen and oxygen atoms in total.